The van der Waals surface area contributed by atoms with Crippen molar-refractivity contribution in [1.82, 2.24) is 9.29 Å². The molecule has 1 N–H and O–H groups in total. The number of nitrogens with zero attached hydrogens (tertiary/aromatic N) is 2. The molecule has 1 saturated heterocycles. The number of amides is 1. The maximum absolute atomic E-state index is 13.2. The smallest absolute Gasteiger partial charge is 0.266 e. The van der Waals surface area contributed by atoms with Crippen molar-refractivity contribution >= 4 is 43.2 Å². The van der Waals surface area contributed by atoms with E-state index >= 15 is 0 Å². The lowest BCUT2D eigenvalue weighted by Crippen LogP contribution is -2.35. The Kier molecular flexibility index (Phi) is 6.24. The number of aromatic nitrogens is 1. The van der Waals surface area contributed by atoms with Crippen molar-refractivity contribution in [1.29, 1.82) is 0 Å². The molecular formula is C23H27N3O4S2. The van der Waals surface area contributed by atoms with Crippen molar-refractivity contribution in [3.63, 3.8) is 0 Å². The number of pyridine rings is 1. The molecule has 7 nitrogen and oxygen atoms in total. The Labute approximate surface area is 192 Å². The number of carbonyl (C=O) groups excluding carboxylic acids is 1. The second-order valence-corrected chi connectivity index (χ2v) is 11.0. The van der Waals surface area contributed by atoms with E-state index < -0.39 is 10.0 Å². The first-order valence-electron chi connectivity index (χ1n) is 10.6. The molecule has 0 unspecified atom stereocenters. The largest absolute Gasteiger partial charge is 0.495 e. The predicted octanol–water partition coefficient (Wildman–Crippen LogP) is 4.66. The van der Waals surface area contributed by atoms with Gasteiger partial charge in [0.15, 0.2) is 0 Å². The van der Waals surface area contributed by atoms with Crippen LogP contribution in [0.15, 0.2) is 29.2 Å². The van der Waals surface area contributed by atoms with Crippen LogP contribution in [0.1, 0.15) is 45.8 Å². The van der Waals surface area contributed by atoms with Crippen LogP contribution >= 0.6 is 11.3 Å². The lowest BCUT2D eigenvalue weighted by Gasteiger charge is -2.26. The lowest BCUT2D eigenvalue weighted by atomic mass is 10.1. The van der Waals surface area contributed by atoms with Crippen molar-refractivity contribution in [2.45, 2.75) is 44.9 Å². The molecule has 1 aliphatic heterocycles. The summed E-state index contributed by atoms with van der Waals surface area (Å²) in [6, 6.07) is 6.73. The molecule has 0 saturated carbocycles. The number of aryl methyl sites for hydroxylation is 3. The highest BCUT2D eigenvalue weighted by atomic mass is 32.2. The number of hydrogen-bond donors (Lipinski definition) is 1. The van der Waals surface area contributed by atoms with Crippen LogP contribution < -0.4 is 10.1 Å². The Bertz CT molecular complexity index is 1290. The lowest BCUT2D eigenvalue weighted by molar-refractivity contribution is 0.103. The number of nitrogens with one attached hydrogen (secondary N) is 1. The van der Waals surface area contributed by atoms with E-state index in [1.165, 1.54) is 28.8 Å². The van der Waals surface area contributed by atoms with Crippen molar-refractivity contribution in [3.05, 3.63) is 46.0 Å². The van der Waals surface area contributed by atoms with E-state index in [9.17, 15) is 13.2 Å². The number of piperidine rings is 1. The molecule has 0 radical (unpaired) electrons. The highest BCUT2D eigenvalue weighted by molar-refractivity contribution is 7.89. The third-order valence-electron chi connectivity index (χ3n) is 5.79. The van der Waals surface area contributed by atoms with Gasteiger partial charge in [-0.25, -0.2) is 13.4 Å². The molecule has 1 fully saturated rings. The van der Waals surface area contributed by atoms with Gasteiger partial charge in [-0.1, -0.05) is 6.42 Å². The monoisotopic (exact) mass is 473 g/mol. The van der Waals surface area contributed by atoms with E-state index in [2.05, 4.69) is 10.3 Å². The molecule has 1 amide bonds. The summed E-state index contributed by atoms with van der Waals surface area (Å²) in [5.41, 5.74) is 3.27. The second-order valence-electron chi connectivity index (χ2n) is 8.10. The zero-order valence-electron chi connectivity index (χ0n) is 18.7. The van der Waals surface area contributed by atoms with Gasteiger partial charge in [-0.05, 0) is 69.0 Å². The Morgan fingerprint density at radius 2 is 1.84 bits per heavy atom. The van der Waals surface area contributed by atoms with Gasteiger partial charge in [0.2, 0.25) is 10.0 Å². The summed E-state index contributed by atoms with van der Waals surface area (Å²) in [6.45, 7) is 6.85. The number of carbonyl (C=O) groups is 1. The summed E-state index contributed by atoms with van der Waals surface area (Å²) in [6.07, 6.45) is 2.72. The fraction of sp³-hybridized carbons (Fsp3) is 0.391. The fourth-order valence-electron chi connectivity index (χ4n) is 4.22. The van der Waals surface area contributed by atoms with E-state index in [0.717, 1.165) is 46.3 Å². The average molecular weight is 474 g/mol. The van der Waals surface area contributed by atoms with E-state index in [-0.39, 0.29) is 16.6 Å². The first-order chi connectivity index (χ1) is 15.2. The van der Waals surface area contributed by atoms with E-state index in [4.69, 9.17) is 4.74 Å². The van der Waals surface area contributed by atoms with Crippen LogP contribution in [0.4, 0.5) is 5.69 Å². The summed E-state index contributed by atoms with van der Waals surface area (Å²) in [4.78, 5) is 19.1. The molecule has 0 spiro atoms. The normalized spacial score (nSPS) is 15.1. The molecule has 1 aliphatic rings. The highest BCUT2D eigenvalue weighted by Crippen LogP contribution is 2.34. The number of hydrogen-bond acceptors (Lipinski definition) is 6. The summed E-state index contributed by atoms with van der Waals surface area (Å²) < 4.78 is 33.3. The number of methoxy groups -OCH3 is 1. The SMILES string of the molecule is COc1ccc(NC(=O)c2sc3nc(C)cc(C)c3c2C)cc1S(=O)(=O)N1CCCCC1. The number of rotatable bonds is 5. The van der Waals surface area contributed by atoms with E-state index in [1.807, 2.05) is 26.8 Å². The Hall–Kier alpha value is -2.49. The Morgan fingerprint density at radius 1 is 1.12 bits per heavy atom. The summed E-state index contributed by atoms with van der Waals surface area (Å²) in [7, 11) is -2.27. The third kappa shape index (κ3) is 4.12. The van der Waals surface area contributed by atoms with Gasteiger partial charge in [0.05, 0.1) is 12.0 Å². The van der Waals surface area contributed by atoms with Crippen LogP contribution in [-0.4, -0.2) is 43.8 Å². The third-order valence-corrected chi connectivity index (χ3v) is 8.89. The fourth-order valence-corrected chi connectivity index (χ4v) is 7.12. The topological polar surface area (TPSA) is 88.6 Å². The zero-order valence-corrected chi connectivity index (χ0v) is 20.3. The molecule has 0 aliphatic carbocycles. The van der Waals surface area contributed by atoms with Gasteiger partial charge < -0.3 is 10.1 Å². The number of thiophene rings is 1. The van der Waals surface area contributed by atoms with Gasteiger partial charge in [0.1, 0.15) is 15.5 Å². The minimum absolute atomic E-state index is 0.0703. The maximum atomic E-state index is 13.2. The summed E-state index contributed by atoms with van der Waals surface area (Å²) in [5, 5.41) is 3.86. The first kappa shape index (κ1) is 22.7. The summed E-state index contributed by atoms with van der Waals surface area (Å²) >= 11 is 1.35. The molecule has 32 heavy (non-hydrogen) atoms. The molecule has 1 aromatic carbocycles. The molecule has 3 heterocycles. The van der Waals surface area contributed by atoms with Crippen molar-refractivity contribution in [3.8, 4) is 5.75 Å². The van der Waals surface area contributed by atoms with Gasteiger partial charge in [0, 0.05) is 29.9 Å². The molecule has 0 atom stereocenters. The number of benzene rings is 1. The van der Waals surface area contributed by atoms with Crippen molar-refractivity contribution < 1.29 is 17.9 Å². The van der Waals surface area contributed by atoms with Crippen LogP contribution in [0.5, 0.6) is 5.75 Å². The molecule has 3 aromatic rings. The number of anilines is 1. The van der Waals surface area contributed by atoms with Crippen molar-refractivity contribution in [2.24, 2.45) is 0 Å². The van der Waals surface area contributed by atoms with Crippen molar-refractivity contribution in [2.75, 3.05) is 25.5 Å². The van der Waals surface area contributed by atoms with Gasteiger partial charge in [0.25, 0.3) is 5.91 Å². The van der Waals surface area contributed by atoms with Crippen LogP contribution in [0.2, 0.25) is 0 Å². The quantitative estimate of drug-likeness (QED) is 0.582. The molecule has 2 aromatic heterocycles. The molecule has 4 rings (SSSR count). The highest BCUT2D eigenvalue weighted by Gasteiger charge is 2.29. The summed E-state index contributed by atoms with van der Waals surface area (Å²) in [5.74, 6) is -0.0176. The Balaban J connectivity index is 1.67. The van der Waals surface area contributed by atoms with Crippen LogP contribution in [-0.2, 0) is 10.0 Å². The molecule has 9 heteroatoms. The van der Waals surface area contributed by atoms with E-state index in [1.54, 1.807) is 12.1 Å². The Morgan fingerprint density at radius 3 is 2.53 bits per heavy atom. The number of ether oxygens (including phenoxy) is 1. The molecule has 170 valence electrons. The minimum atomic E-state index is -3.72. The standard InChI is InChI=1S/C23H27N3O4S2/c1-14-12-15(2)24-23-20(14)16(3)21(31-23)22(27)25-17-8-9-18(30-4)19(13-17)32(28,29)26-10-6-5-7-11-26/h8-9,12-13H,5-7,10-11H2,1-4H3,(H,25,27). The number of fused-ring (bicyclic) bond motifs is 1. The molecule has 0 bridgehead atoms. The van der Waals surface area contributed by atoms with Gasteiger partial charge in [-0.2, -0.15) is 4.31 Å². The van der Waals surface area contributed by atoms with Gasteiger partial charge in [-0.15, -0.1) is 11.3 Å². The van der Waals surface area contributed by atoms with Gasteiger partial charge in [-0.3, -0.25) is 4.79 Å². The number of sulfonamides is 1. The van der Waals surface area contributed by atoms with Crippen LogP contribution in [0.3, 0.4) is 0 Å². The average Bonchev–Trinajstić information content (AvgIpc) is 3.10. The molecular weight excluding hydrogens is 446 g/mol. The first-order valence-corrected chi connectivity index (χ1v) is 12.8. The van der Waals surface area contributed by atoms with Crippen LogP contribution in [0, 0.1) is 20.8 Å². The minimum Gasteiger partial charge on any atom is -0.495 e. The predicted molar refractivity (Wildman–Crippen MR) is 127 cm³/mol. The van der Waals surface area contributed by atoms with Gasteiger partial charge >= 0.3 is 0 Å². The zero-order chi connectivity index (χ0) is 23.0. The van der Waals surface area contributed by atoms with E-state index in [0.29, 0.717) is 23.7 Å². The van der Waals surface area contributed by atoms with Crippen LogP contribution in [0.25, 0.3) is 10.2 Å². The second kappa shape index (κ2) is 8.80. The maximum Gasteiger partial charge on any atom is 0.266 e.